The zero-order valence-electron chi connectivity index (χ0n) is 18.0. The first-order valence-corrected chi connectivity index (χ1v) is 11.7. The van der Waals surface area contributed by atoms with Crippen LogP contribution in [-0.4, -0.2) is 77.8 Å². The van der Waals surface area contributed by atoms with Crippen molar-refractivity contribution in [2.75, 3.05) is 39.4 Å². The van der Waals surface area contributed by atoms with Crippen LogP contribution in [0.5, 0.6) is 0 Å². The summed E-state index contributed by atoms with van der Waals surface area (Å²) in [6.07, 6.45) is 5.94. The van der Waals surface area contributed by atoms with E-state index < -0.39 is 0 Å². The molecule has 3 fully saturated rings. The first kappa shape index (κ1) is 21.2. The van der Waals surface area contributed by atoms with Crippen molar-refractivity contribution in [2.24, 2.45) is 21.9 Å². The van der Waals surface area contributed by atoms with E-state index in [2.05, 4.69) is 9.89 Å². The Hall–Kier alpha value is -2.63. The number of aliphatic imine (C=N–C) groups is 1. The zero-order valence-corrected chi connectivity index (χ0v) is 18.7. The van der Waals surface area contributed by atoms with Crippen LogP contribution in [0.4, 0.5) is 0 Å². The maximum absolute atomic E-state index is 12.5. The van der Waals surface area contributed by atoms with Crippen molar-refractivity contribution >= 4 is 29.2 Å². The first-order valence-electron chi connectivity index (χ1n) is 11.3. The Kier molecular flexibility index (Phi) is 6.03. The lowest BCUT2D eigenvalue weighted by atomic mass is 10.0. The van der Waals surface area contributed by atoms with Gasteiger partial charge in [-0.25, -0.2) is 5.01 Å². The second-order valence-corrected chi connectivity index (χ2v) is 9.48. The van der Waals surface area contributed by atoms with Crippen LogP contribution in [0.3, 0.4) is 0 Å². The number of rotatable bonds is 6. The van der Waals surface area contributed by atoms with Crippen LogP contribution in [0.25, 0.3) is 0 Å². The van der Waals surface area contributed by atoms with Gasteiger partial charge in [0.25, 0.3) is 0 Å². The molecule has 3 heterocycles. The molecule has 1 amide bonds. The van der Waals surface area contributed by atoms with Crippen molar-refractivity contribution in [1.29, 1.82) is 5.26 Å². The summed E-state index contributed by atoms with van der Waals surface area (Å²) in [6.45, 7) is 4.41. The van der Waals surface area contributed by atoms with Gasteiger partial charge in [-0.05, 0) is 37.3 Å². The number of hydrazone groups is 1. The molecule has 9 heteroatoms. The molecule has 0 aromatic heterocycles. The standard InChI is InChI=1S/C23H27ClN6O2/c24-19-7-5-18(6-8-19)22-20(29-9-1-2-21(29)31)12-30(27-22)23(26-15-25)28-10-17(11-28)14-32-13-16-3-4-16/h5-8,16-17,20H,1-4,9-14H2. The molecule has 32 heavy (non-hydrogen) atoms. The van der Waals surface area contributed by atoms with Gasteiger partial charge in [-0.2, -0.15) is 10.4 Å². The Morgan fingerprint density at radius 2 is 1.94 bits per heavy atom. The topological polar surface area (TPSA) is 84.5 Å². The third-order valence-electron chi connectivity index (χ3n) is 6.54. The van der Waals surface area contributed by atoms with Crippen LogP contribution >= 0.6 is 11.6 Å². The second-order valence-electron chi connectivity index (χ2n) is 9.04. The first-order chi connectivity index (χ1) is 15.6. The van der Waals surface area contributed by atoms with Gasteiger partial charge in [0.15, 0.2) is 0 Å². The van der Waals surface area contributed by atoms with Crippen LogP contribution in [0.2, 0.25) is 5.02 Å². The van der Waals surface area contributed by atoms with E-state index in [1.807, 2.05) is 35.4 Å². The van der Waals surface area contributed by atoms with E-state index >= 15 is 0 Å². The number of hydrogen-bond acceptors (Lipinski definition) is 5. The highest BCUT2D eigenvalue weighted by Crippen LogP contribution is 2.30. The lowest BCUT2D eigenvalue weighted by Crippen LogP contribution is -2.56. The third kappa shape index (κ3) is 4.45. The molecular formula is C23H27ClN6O2. The van der Waals surface area contributed by atoms with Crippen LogP contribution in [0.15, 0.2) is 34.4 Å². The van der Waals surface area contributed by atoms with E-state index in [1.165, 1.54) is 12.8 Å². The molecule has 8 nitrogen and oxygen atoms in total. The van der Waals surface area contributed by atoms with E-state index in [9.17, 15) is 10.1 Å². The van der Waals surface area contributed by atoms with Crippen molar-refractivity contribution in [3.05, 3.63) is 34.9 Å². The highest BCUT2D eigenvalue weighted by atomic mass is 35.5. The average molecular weight is 455 g/mol. The summed E-state index contributed by atoms with van der Waals surface area (Å²) in [5.74, 6) is 1.90. The molecule has 1 aliphatic carbocycles. The molecule has 1 aromatic rings. The van der Waals surface area contributed by atoms with Crippen molar-refractivity contribution in [3.63, 3.8) is 0 Å². The van der Waals surface area contributed by atoms with Gasteiger partial charge < -0.3 is 14.5 Å². The molecule has 2 saturated heterocycles. The van der Waals surface area contributed by atoms with E-state index in [0.717, 1.165) is 56.5 Å². The Labute approximate surface area is 193 Å². The highest BCUT2D eigenvalue weighted by molar-refractivity contribution is 6.30. The number of benzene rings is 1. The van der Waals surface area contributed by atoms with E-state index in [1.54, 1.807) is 5.01 Å². The van der Waals surface area contributed by atoms with Gasteiger partial charge in [-0.3, -0.25) is 4.79 Å². The fourth-order valence-corrected chi connectivity index (χ4v) is 4.72. The Balaban J connectivity index is 1.31. The summed E-state index contributed by atoms with van der Waals surface area (Å²) < 4.78 is 5.83. The number of halogens is 1. The smallest absolute Gasteiger partial charge is 0.233 e. The molecule has 3 aliphatic heterocycles. The maximum atomic E-state index is 12.5. The predicted octanol–water partition coefficient (Wildman–Crippen LogP) is 2.55. The number of ether oxygens (including phenoxy) is 1. The fraction of sp³-hybridized carbons (Fsp3) is 0.565. The van der Waals surface area contributed by atoms with Gasteiger partial charge in [-0.1, -0.05) is 23.7 Å². The summed E-state index contributed by atoms with van der Waals surface area (Å²) in [5, 5.41) is 16.6. The number of carbonyl (C=O) groups is 1. The lowest BCUT2D eigenvalue weighted by Gasteiger charge is -2.42. The SMILES string of the molecule is N#CN=C(N1CC(COCC2CC2)C1)N1CC(N2CCCC2=O)C(c2ccc(Cl)cc2)=N1. The van der Waals surface area contributed by atoms with E-state index in [-0.39, 0.29) is 11.9 Å². The van der Waals surface area contributed by atoms with Crippen LogP contribution in [0, 0.1) is 23.3 Å². The Morgan fingerprint density at radius 1 is 1.19 bits per heavy atom. The molecule has 1 atom stereocenters. The number of carbonyl (C=O) groups excluding carboxylic acids is 1. The molecule has 0 spiro atoms. The predicted molar refractivity (Wildman–Crippen MR) is 121 cm³/mol. The molecular weight excluding hydrogens is 428 g/mol. The highest BCUT2D eigenvalue weighted by Gasteiger charge is 2.41. The Morgan fingerprint density at radius 3 is 2.59 bits per heavy atom. The second kappa shape index (κ2) is 9.08. The summed E-state index contributed by atoms with van der Waals surface area (Å²) in [4.78, 5) is 20.6. The summed E-state index contributed by atoms with van der Waals surface area (Å²) in [5.41, 5.74) is 1.74. The monoisotopic (exact) mass is 454 g/mol. The minimum Gasteiger partial charge on any atom is -0.381 e. The molecule has 168 valence electrons. The van der Waals surface area contributed by atoms with Crippen LogP contribution in [-0.2, 0) is 9.53 Å². The number of hydrogen-bond donors (Lipinski definition) is 0. The summed E-state index contributed by atoms with van der Waals surface area (Å²) >= 11 is 6.08. The quantitative estimate of drug-likeness (QED) is 0.374. The molecule has 1 saturated carbocycles. The maximum Gasteiger partial charge on any atom is 0.233 e. The Bertz CT molecular complexity index is 962. The van der Waals surface area contributed by atoms with Gasteiger partial charge in [0.2, 0.25) is 18.1 Å². The van der Waals surface area contributed by atoms with Crippen molar-refractivity contribution in [3.8, 4) is 6.19 Å². The number of amides is 1. The molecule has 4 aliphatic rings. The third-order valence-corrected chi connectivity index (χ3v) is 6.79. The minimum absolute atomic E-state index is 0.147. The number of nitrogens with zero attached hydrogens (tertiary/aromatic N) is 6. The van der Waals surface area contributed by atoms with Gasteiger partial charge in [0.1, 0.15) is 0 Å². The number of guanidine groups is 1. The largest absolute Gasteiger partial charge is 0.381 e. The summed E-state index contributed by atoms with van der Waals surface area (Å²) in [6, 6.07) is 7.34. The van der Waals surface area contributed by atoms with E-state index in [0.29, 0.717) is 29.9 Å². The van der Waals surface area contributed by atoms with Gasteiger partial charge in [0, 0.05) is 49.2 Å². The van der Waals surface area contributed by atoms with Gasteiger partial charge >= 0.3 is 0 Å². The number of nitriles is 1. The van der Waals surface area contributed by atoms with Crippen LogP contribution < -0.4 is 0 Å². The van der Waals surface area contributed by atoms with Crippen molar-refractivity contribution < 1.29 is 9.53 Å². The molecule has 0 N–H and O–H groups in total. The van der Waals surface area contributed by atoms with Gasteiger partial charge in [0.05, 0.1) is 24.9 Å². The van der Waals surface area contributed by atoms with E-state index in [4.69, 9.17) is 21.4 Å². The minimum atomic E-state index is -0.172. The molecule has 1 aromatic carbocycles. The van der Waals surface area contributed by atoms with Crippen molar-refractivity contribution in [2.45, 2.75) is 31.7 Å². The molecule has 5 rings (SSSR count). The molecule has 0 bridgehead atoms. The lowest BCUT2D eigenvalue weighted by molar-refractivity contribution is -0.128. The molecule has 1 unspecified atom stereocenters. The van der Waals surface area contributed by atoms with Gasteiger partial charge in [-0.15, -0.1) is 4.99 Å². The average Bonchev–Trinajstić information content (AvgIpc) is 3.32. The normalized spacial score (nSPS) is 24.1. The molecule has 0 radical (unpaired) electrons. The summed E-state index contributed by atoms with van der Waals surface area (Å²) in [7, 11) is 0. The van der Waals surface area contributed by atoms with Crippen molar-refractivity contribution in [1.82, 2.24) is 14.8 Å². The fourth-order valence-electron chi connectivity index (χ4n) is 4.59. The van der Waals surface area contributed by atoms with Crippen LogP contribution in [0.1, 0.15) is 31.2 Å². The number of likely N-dealkylation sites (tertiary alicyclic amines) is 2. The zero-order chi connectivity index (χ0) is 22.1.